The fraction of sp³-hybridized carbons (Fsp3) is 0.238. The van der Waals surface area contributed by atoms with E-state index in [-0.39, 0.29) is 11.9 Å². The van der Waals surface area contributed by atoms with Gasteiger partial charge in [0.15, 0.2) is 5.82 Å². The lowest BCUT2D eigenvalue weighted by atomic mass is 10.1. The van der Waals surface area contributed by atoms with Crippen LogP contribution in [0, 0.1) is 3.57 Å². The zero-order chi connectivity index (χ0) is 21.0. The number of hydrogen-bond donors (Lipinski definition) is 1. The van der Waals surface area contributed by atoms with E-state index in [1.54, 1.807) is 12.4 Å². The fourth-order valence-corrected chi connectivity index (χ4v) is 3.21. The van der Waals surface area contributed by atoms with Crippen LogP contribution in [-0.4, -0.2) is 44.7 Å². The zero-order valence-corrected chi connectivity index (χ0v) is 19.0. The molecular weight excluding hydrogens is 479 g/mol. The second-order valence-corrected chi connectivity index (χ2v) is 8.27. The minimum absolute atomic E-state index is 0.206. The van der Waals surface area contributed by atoms with Crippen LogP contribution in [0.3, 0.4) is 0 Å². The molecule has 0 bridgehead atoms. The molecule has 1 amide bonds. The van der Waals surface area contributed by atoms with Gasteiger partial charge in [-0.25, -0.2) is 4.98 Å². The summed E-state index contributed by atoms with van der Waals surface area (Å²) in [5.74, 6) is 0.920. The largest absolute Gasteiger partial charge is 0.383 e. The first kappa shape index (κ1) is 21.0. The van der Waals surface area contributed by atoms with Crippen molar-refractivity contribution in [2.75, 3.05) is 19.4 Å². The summed E-state index contributed by atoms with van der Waals surface area (Å²) in [6.45, 7) is 4.11. The van der Waals surface area contributed by atoms with Crippen molar-refractivity contribution in [3.8, 4) is 11.5 Å². The van der Waals surface area contributed by atoms with Crippen LogP contribution in [0.1, 0.15) is 35.8 Å². The molecule has 0 aliphatic carbocycles. The molecule has 2 heterocycles. The van der Waals surface area contributed by atoms with Crippen molar-refractivity contribution in [1.82, 2.24) is 24.6 Å². The maximum absolute atomic E-state index is 13.0. The molecule has 29 heavy (non-hydrogen) atoms. The Bertz CT molecular complexity index is 1040. The number of benzene rings is 1. The van der Waals surface area contributed by atoms with Crippen LogP contribution in [0.4, 0.5) is 5.82 Å². The number of hydrogen-bond acceptors (Lipinski definition) is 5. The van der Waals surface area contributed by atoms with Gasteiger partial charge in [0.1, 0.15) is 17.8 Å². The average molecular weight is 502 g/mol. The number of amides is 1. The molecule has 0 aliphatic heterocycles. The molecular formula is C21H23IN6O. The monoisotopic (exact) mass is 502 g/mol. The molecule has 8 heteroatoms. The molecule has 1 aromatic carbocycles. The van der Waals surface area contributed by atoms with Gasteiger partial charge in [-0.2, -0.15) is 0 Å². The Labute approximate surface area is 184 Å². The number of carbonyl (C=O) groups excluding carboxylic acids is 1. The smallest absolute Gasteiger partial charge is 0.257 e. The Morgan fingerprint density at radius 1 is 1.24 bits per heavy atom. The summed E-state index contributed by atoms with van der Waals surface area (Å²) >= 11 is 2.20. The molecule has 150 valence electrons. The van der Waals surface area contributed by atoms with Crippen LogP contribution in [0.2, 0.25) is 0 Å². The van der Waals surface area contributed by atoms with E-state index in [4.69, 9.17) is 0 Å². The van der Waals surface area contributed by atoms with Gasteiger partial charge in [0.25, 0.3) is 5.91 Å². The molecule has 0 atom stereocenters. The van der Waals surface area contributed by atoms with Crippen molar-refractivity contribution in [1.29, 1.82) is 0 Å². The molecule has 0 aliphatic rings. The first-order chi connectivity index (χ1) is 13.8. The second kappa shape index (κ2) is 9.17. The topological polar surface area (TPSA) is 75.9 Å². The number of halogens is 1. The van der Waals surface area contributed by atoms with E-state index in [0.717, 1.165) is 9.13 Å². The predicted molar refractivity (Wildman–Crippen MR) is 123 cm³/mol. The van der Waals surface area contributed by atoms with Crippen LogP contribution in [-0.2, 0) is 0 Å². The van der Waals surface area contributed by atoms with Gasteiger partial charge in [-0.1, -0.05) is 12.1 Å². The molecule has 1 N–H and O–H groups in total. The standard InChI is InChI=1S/C21H23IN6O/c1-14(2)28-13-23-26-20(28)18-6-5-7-19(24-18)25-21(29)17-12-16(22)9-8-15(17)10-11-27(3)4/h5-14H,1-4H3,(H,24,25,29)/b11-10-. The number of rotatable bonds is 6. The lowest BCUT2D eigenvalue weighted by molar-refractivity contribution is 0.102. The number of nitrogens with one attached hydrogen (secondary N) is 1. The number of carbonyl (C=O) groups is 1. The molecule has 0 radical (unpaired) electrons. The lowest BCUT2D eigenvalue weighted by Gasteiger charge is -2.12. The van der Waals surface area contributed by atoms with E-state index in [1.807, 2.05) is 66.2 Å². The summed E-state index contributed by atoms with van der Waals surface area (Å²) in [6, 6.07) is 11.5. The van der Waals surface area contributed by atoms with E-state index in [9.17, 15) is 4.79 Å². The molecule has 0 fully saturated rings. The van der Waals surface area contributed by atoms with Gasteiger partial charge in [0.05, 0.1) is 0 Å². The highest BCUT2D eigenvalue weighted by atomic mass is 127. The fourth-order valence-electron chi connectivity index (χ4n) is 2.72. The highest BCUT2D eigenvalue weighted by Crippen LogP contribution is 2.21. The molecule has 7 nitrogen and oxygen atoms in total. The summed E-state index contributed by atoms with van der Waals surface area (Å²) < 4.78 is 2.93. The predicted octanol–water partition coefficient (Wildman–Crippen LogP) is 4.31. The zero-order valence-electron chi connectivity index (χ0n) is 16.8. The van der Waals surface area contributed by atoms with E-state index < -0.39 is 0 Å². The third-order valence-electron chi connectivity index (χ3n) is 4.16. The van der Waals surface area contributed by atoms with Crippen LogP contribution in [0.15, 0.2) is 48.9 Å². The summed E-state index contributed by atoms with van der Waals surface area (Å²) in [5, 5.41) is 11.1. The van der Waals surface area contributed by atoms with E-state index in [2.05, 4.69) is 56.9 Å². The maximum atomic E-state index is 13.0. The molecule has 3 rings (SSSR count). The van der Waals surface area contributed by atoms with Crippen molar-refractivity contribution in [3.63, 3.8) is 0 Å². The minimum atomic E-state index is -0.211. The molecule has 0 saturated heterocycles. The molecule has 0 unspecified atom stereocenters. The highest BCUT2D eigenvalue weighted by molar-refractivity contribution is 14.1. The number of pyridine rings is 1. The Morgan fingerprint density at radius 2 is 2.03 bits per heavy atom. The average Bonchev–Trinajstić information content (AvgIpc) is 3.17. The Balaban J connectivity index is 1.89. The van der Waals surface area contributed by atoms with Crippen molar-refractivity contribution >= 4 is 40.4 Å². The normalized spacial score (nSPS) is 11.2. The van der Waals surface area contributed by atoms with Crippen molar-refractivity contribution in [3.05, 3.63) is 63.6 Å². The van der Waals surface area contributed by atoms with Crippen LogP contribution >= 0.6 is 22.6 Å². The van der Waals surface area contributed by atoms with Gasteiger partial charge in [-0.15, -0.1) is 10.2 Å². The molecule has 0 saturated carbocycles. The number of aromatic nitrogens is 4. The van der Waals surface area contributed by atoms with Gasteiger partial charge in [-0.05, 0) is 78.5 Å². The quantitative estimate of drug-likeness (QED) is 0.509. The van der Waals surface area contributed by atoms with Crippen molar-refractivity contribution in [2.24, 2.45) is 0 Å². The van der Waals surface area contributed by atoms with Gasteiger partial charge in [-0.3, -0.25) is 4.79 Å². The third kappa shape index (κ3) is 5.20. The summed E-state index contributed by atoms with van der Waals surface area (Å²) in [4.78, 5) is 19.5. The summed E-state index contributed by atoms with van der Waals surface area (Å²) in [7, 11) is 3.88. The van der Waals surface area contributed by atoms with Crippen LogP contribution in [0.5, 0.6) is 0 Å². The van der Waals surface area contributed by atoms with Crippen LogP contribution < -0.4 is 5.32 Å². The minimum Gasteiger partial charge on any atom is -0.383 e. The number of anilines is 1. The van der Waals surface area contributed by atoms with E-state index in [0.29, 0.717) is 22.9 Å². The first-order valence-electron chi connectivity index (χ1n) is 9.17. The second-order valence-electron chi connectivity index (χ2n) is 7.03. The number of nitrogens with zero attached hydrogens (tertiary/aromatic N) is 5. The SMILES string of the molecule is CC(C)n1cnnc1-c1cccc(NC(=O)c2cc(I)ccc2/C=C\N(C)C)n1. The van der Waals surface area contributed by atoms with E-state index >= 15 is 0 Å². The van der Waals surface area contributed by atoms with Crippen LogP contribution in [0.25, 0.3) is 17.6 Å². The summed E-state index contributed by atoms with van der Waals surface area (Å²) in [6.07, 6.45) is 5.51. The summed E-state index contributed by atoms with van der Waals surface area (Å²) in [5.41, 5.74) is 2.09. The molecule has 2 aromatic heterocycles. The Hall–Kier alpha value is -2.75. The van der Waals surface area contributed by atoms with Gasteiger partial charge in [0, 0.05) is 29.3 Å². The first-order valence-corrected chi connectivity index (χ1v) is 10.3. The Morgan fingerprint density at radius 3 is 2.76 bits per heavy atom. The Kier molecular flexibility index (Phi) is 6.63. The van der Waals surface area contributed by atoms with Gasteiger partial charge >= 0.3 is 0 Å². The lowest BCUT2D eigenvalue weighted by Crippen LogP contribution is -2.15. The highest BCUT2D eigenvalue weighted by Gasteiger charge is 2.15. The van der Waals surface area contributed by atoms with E-state index in [1.165, 1.54) is 0 Å². The van der Waals surface area contributed by atoms with Gasteiger partial charge in [0.2, 0.25) is 0 Å². The molecule has 3 aromatic rings. The molecule has 0 spiro atoms. The van der Waals surface area contributed by atoms with Crippen molar-refractivity contribution in [2.45, 2.75) is 19.9 Å². The maximum Gasteiger partial charge on any atom is 0.257 e. The third-order valence-corrected chi connectivity index (χ3v) is 4.83. The van der Waals surface area contributed by atoms with Gasteiger partial charge < -0.3 is 14.8 Å². The van der Waals surface area contributed by atoms with Crippen molar-refractivity contribution < 1.29 is 4.79 Å².